The van der Waals surface area contributed by atoms with Crippen LogP contribution in [0, 0.1) is 5.92 Å². The van der Waals surface area contributed by atoms with Crippen molar-refractivity contribution in [2.75, 3.05) is 10.6 Å². The highest BCUT2D eigenvalue weighted by atomic mass is 35.5. The molecule has 3 saturated carbocycles. The number of pyridine rings is 2. The van der Waals surface area contributed by atoms with Crippen molar-refractivity contribution in [1.82, 2.24) is 9.97 Å². The summed E-state index contributed by atoms with van der Waals surface area (Å²) in [4.78, 5) is 23.2. The number of nitrogens with zero attached hydrogens (tertiary/aromatic N) is 2. The number of halogens is 5. The van der Waals surface area contributed by atoms with Crippen molar-refractivity contribution in [3.05, 3.63) is 104 Å². The van der Waals surface area contributed by atoms with E-state index in [1.165, 1.54) is 0 Å². The van der Waals surface area contributed by atoms with Crippen LogP contribution >= 0.6 is 58.8 Å². The van der Waals surface area contributed by atoms with Crippen LogP contribution in [0.3, 0.4) is 0 Å². The molecule has 0 saturated heterocycles. The minimum atomic E-state index is -0.329. The molecule has 60 heavy (non-hydrogen) atoms. The molecule has 2 heterocycles. The lowest BCUT2D eigenvalue weighted by Crippen LogP contribution is -2.33. The van der Waals surface area contributed by atoms with Crippen LogP contribution in [0.1, 0.15) is 74.3 Å². The van der Waals surface area contributed by atoms with Crippen LogP contribution in [0.25, 0.3) is 44.1 Å². The number of hydrogen-bond donors (Lipinski definition) is 6. The molecule has 2 atom stereocenters. The molecular formula is C46H45Cl5N6O3. The van der Waals surface area contributed by atoms with Crippen LogP contribution < -0.4 is 22.1 Å². The standard InChI is InChI=1S/C46H44Cl4N6O3.ClH/c47-35-15-24(16-36(48)45(35)58)22-1-11-39-30(13-22)43(55-28-7-3-26(51)4-8-28)32(19-53-39)41-34(21-57)42(41)33-20-54-40-12-2-23(25-17-37(49)46(59)38(50)18-25)14-31(40)44(33)56-29-9-5-27(52)6-10-29;/h1-2,11-21,26-29,34,41-42,58-59H,3-10,51-52H2,(H,53,55)(H,54,56);1H. The number of rotatable bonds is 9. The van der Waals surface area contributed by atoms with Crippen molar-refractivity contribution in [2.24, 2.45) is 17.4 Å². The van der Waals surface area contributed by atoms with Gasteiger partial charge in [-0.3, -0.25) is 9.97 Å². The van der Waals surface area contributed by atoms with Crippen molar-refractivity contribution < 1.29 is 15.0 Å². The van der Waals surface area contributed by atoms with Gasteiger partial charge in [0.25, 0.3) is 0 Å². The topological polar surface area (TPSA) is 159 Å². The number of benzene rings is 4. The largest absolute Gasteiger partial charge is 0.505 e. The Balaban J connectivity index is 0.00000499. The Morgan fingerprint density at radius 1 is 0.567 bits per heavy atom. The molecule has 0 radical (unpaired) electrons. The molecule has 2 aromatic heterocycles. The van der Waals surface area contributed by atoms with E-state index in [1.54, 1.807) is 24.3 Å². The Hall–Kier alpha value is -4.06. The van der Waals surface area contributed by atoms with Crippen LogP contribution in [0.15, 0.2) is 73.1 Å². The summed E-state index contributed by atoms with van der Waals surface area (Å²) in [5.74, 6) is -1.01. The molecule has 0 bridgehead atoms. The van der Waals surface area contributed by atoms with Crippen molar-refractivity contribution in [1.29, 1.82) is 0 Å². The molecule has 0 aliphatic heterocycles. The summed E-state index contributed by atoms with van der Waals surface area (Å²) in [5.41, 5.74) is 21.3. The Labute approximate surface area is 374 Å². The normalized spacial score (nSPS) is 23.9. The zero-order valence-electron chi connectivity index (χ0n) is 32.5. The van der Waals surface area contributed by atoms with E-state index in [0.717, 1.165) is 124 Å². The fourth-order valence-electron chi connectivity index (χ4n) is 9.31. The molecule has 9 nitrogen and oxygen atoms in total. The van der Waals surface area contributed by atoms with Crippen LogP contribution in [0.5, 0.6) is 11.5 Å². The van der Waals surface area contributed by atoms with Gasteiger partial charge in [-0.25, -0.2) is 0 Å². The van der Waals surface area contributed by atoms with Crippen molar-refractivity contribution in [3.63, 3.8) is 0 Å². The number of aldehydes is 1. The average molecular weight is 907 g/mol. The number of carbonyl (C=O) groups is 1. The van der Waals surface area contributed by atoms with E-state index in [1.807, 2.05) is 36.7 Å². The van der Waals surface area contributed by atoms with Crippen LogP contribution in [-0.2, 0) is 4.79 Å². The maximum atomic E-state index is 13.2. The third kappa shape index (κ3) is 8.18. The van der Waals surface area contributed by atoms with E-state index in [9.17, 15) is 15.0 Å². The molecule has 8 N–H and O–H groups in total. The number of phenolic OH excluding ortho intramolecular Hbond substituents is 2. The molecule has 3 aliphatic rings. The third-order valence-electron chi connectivity index (χ3n) is 12.7. The fraction of sp³-hybridized carbons (Fsp3) is 0.326. The van der Waals surface area contributed by atoms with Gasteiger partial charge in [-0.05, 0) is 133 Å². The molecular weight excluding hydrogens is 862 g/mol. The lowest BCUT2D eigenvalue weighted by molar-refractivity contribution is -0.109. The number of hydrogen-bond acceptors (Lipinski definition) is 9. The van der Waals surface area contributed by atoms with Crippen molar-refractivity contribution in [2.45, 2.75) is 87.4 Å². The zero-order chi connectivity index (χ0) is 41.1. The Morgan fingerprint density at radius 3 is 1.28 bits per heavy atom. The highest BCUT2D eigenvalue weighted by molar-refractivity contribution is 6.38. The summed E-state index contributed by atoms with van der Waals surface area (Å²) in [7, 11) is 0. The zero-order valence-corrected chi connectivity index (χ0v) is 36.3. The number of nitrogens with one attached hydrogen (secondary N) is 2. The number of phenols is 2. The number of aromatic hydroxyl groups is 2. The van der Waals surface area contributed by atoms with E-state index >= 15 is 0 Å². The first kappa shape index (κ1) is 42.6. The molecule has 6 aromatic rings. The molecule has 312 valence electrons. The van der Waals surface area contributed by atoms with Crippen LogP contribution in [-0.4, -0.2) is 50.6 Å². The highest BCUT2D eigenvalue weighted by Gasteiger charge is 2.54. The lowest BCUT2D eigenvalue weighted by Gasteiger charge is -2.29. The van der Waals surface area contributed by atoms with Gasteiger partial charge in [0.15, 0.2) is 11.5 Å². The average Bonchev–Trinajstić information content (AvgIpc) is 3.96. The van der Waals surface area contributed by atoms with E-state index in [0.29, 0.717) is 0 Å². The van der Waals surface area contributed by atoms with Gasteiger partial charge in [0.2, 0.25) is 0 Å². The maximum Gasteiger partial charge on any atom is 0.152 e. The predicted octanol–water partition coefficient (Wildman–Crippen LogP) is 11.6. The number of fused-ring (bicyclic) bond motifs is 2. The van der Waals surface area contributed by atoms with E-state index in [-0.39, 0.29) is 85.9 Å². The summed E-state index contributed by atoms with van der Waals surface area (Å²) in [6, 6.07) is 19.6. The number of carbonyl (C=O) groups excluding carboxylic acids is 1. The second-order valence-electron chi connectivity index (χ2n) is 16.5. The maximum absolute atomic E-state index is 13.2. The first-order valence-corrected chi connectivity index (χ1v) is 21.7. The Bertz CT molecular complexity index is 2390. The Kier molecular flexibility index (Phi) is 12.3. The van der Waals surface area contributed by atoms with Gasteiger partial charge < -0.3 is 37.1 Å². The third-order valence-corrected chi connectivity index (χ3v) is 13.8. The summed E-state index contributed by atoms with van der Waals surface area (Å²) in [6.45, 7) is 0. The van der Waals surface area contributed by atoms with E-state index < -0.39 is 0 Å². The quantitative estimate of drug-likeness (QED) is 0.0777. The number of anilines is 2. The fourth-order valence-corrected chi connectivity index (χ4v) is 10.3. The smallest absolute Gasteiger partial charge is 0.152 e. The summed E-state index contributed by atoms with van der Waals surface area (Å²) in [5, 5.41) is 30.9. The molecule has 0 spiro atoms. The minimum absolute atomic E-state index is 0. The summed E-state index contributed by atoms with van der Waals surface area (Å²) < 4.78 is 0. The Morgan fingerprint density at radius 2 is 0.933 bits per heavy atom. The van der Waals surface area contributed by atoms with Crippen molar-refractivity contribution in [3.8, 4) is 33.8 Å². The van der Waals surface area contributed by atoms with Gasteiger partial charge in [-0.15, -0.1) is 12.4 Å². The van der Waals surface area contributed by atoms with Crippen molar-refractivity contribution >= 4 is 98.3 Å². The first-order valence-electron chi connectivity index (χ1n) is 20.2. The number of aromatic nitrogens is 2. The van der Waals surface area contributed by atoms with Crippen LogP contribution in [0.4, 0.5) is 11.4 Å². The van der Waals surface area contributed by atoms with Gasteiger partial charge in [0.05, 0.1) is 31.1 Å². The van der Waals surface area contributed by atoms with Gasteiger partial charge in [0.1, 0.15) is 6.29 Å². The molecule has 0 amide bonds. The molecule has 3 fully saturated rings. The predicted molar refractivity (Wildman–Crippen MR) is 248 cm³/mol. The minimum Gasteiger partial charge on any atom is -0.505 e. The number of nitrogens with two attached hydrogens (primary N) is 2. The monoisotopic (exact) mass is 904 g/mol. The first-order chi connectivity index (χ1) is 28.5. The molecule has 14 heteroatoms. The summed E-state index contributed by atoms with van der Waals surface area (Å²) in [6.07, 6.45) is 12.3. The van der Waals surface area contributed by atoms with E-state index in [4.69, 9.17) is 67.8 Å². The van der Waals surface area contributed by atoms with Gasteiger partial charge >= 0.3 is 0 Å². The summed E-state index contributed by atoms with van der Waals surface area (Å²) >= 11 is 25.5. The molecule has 9 rings (SSSR count). The van der Waals surface area contributed by atoms with Gasteiger partial charge in [-0.2, -0.15) is 0 Å². The van der Waals surface area contributed by atoms with Gasteiger partial charge in [-0.1, -0.05) is 58.5 Å². The SMILES string of the molecule is Cl.NC1CCC(Nc2c(C3C(C=O)C3c3cnc4ccc(-c5cc(Cl)c(O)c(Cl)c5)cc4c3NC3CCC(N)CC3)cnc3ccc(-c4cc(Cl)c(O)c(Cl)c4)cc23)CC1. The molecule has 2 unspecified atom stereocenters. The lowest BCUT2D eigenvalue weighted by atomic mass is 9.90. The highest BCUT2D eigenvalue weighted by Crippen LogP contribution is 2.63. The van der Waals surface area contributed by atoms with E-state index in [2.05, 4.69) is 22.8 Å². The molecule has 4 aromatic carbocycles. The second kappa shape index (κ2) is 17.4. The van der Waals surface area contributed by atoms with Gasteiger partial charge in [0, 0.05) is 76.5 Å². The van der Waals surface area contributed by atoms with Crippen LogP contribution in [0.2, 0.25) is 20.1 Å². The molecule has 3 aliphatic carbocycles. The second-order valence-corrected chi connectivity index (χ2v) is 18.1.